The molecule has 0 unspecified atom stereocenters. The Balaban J connectivity index is 2.16. The Morgan fingerprint density at radius 3 is 2.68 bits per heavy atom. The van der Waals surface area contributed by atoms with Gasteiger partial charge >= 0.3 is 6.09 Å². The van der Waals surface area contributed by atoms with Crippen molar-refractivity contribution in [3.8, 4) is 10.4 Å². The minimum Gasteiger partial charge on any atom is -0.444 e. The summed E-state index contributed by atoms with van der Waals surface area (Å²) in [4.78, 5) is 17.3. The fourth-order valence-electron chi connectivity index (χ4n) is 2.50. The quantitative estimate of drug-likeness (QED) is 0.813. The number of ether oxygens (including phenoxy) is 1. The van der Waals surface area contributed by atoms with Gasteiger partial charge in [-0.3, -0.25) is 0 Å². The molecule has 0 saturated heterocycles. The van der Waals surface area contributed by atoms with Crippen molar-refractivity contribution in [1.29, 1.82) is 0 Å². The van der Waals surface area contributed by atoms with Crippen LogP contribution >= 0.6 is 11.3 Å². The number of aromatic nitrogens is 1. The Labute approximate surface area is 153 Å². The summed E-state index contributed by atoms with van der Waals surface area (Å²) in [5, 5.41) is 12.0. The number of carbonyl (C=O) groups excluding carboxylic acids is 1. The summed E-state index contributed by atoms with van der Waals surface area (Å²) in [5.41, 5.74) is 5.61. The van der Waals surface area contributed by atoms with Crippen molar-refractivity contribution in [3.05, 3.63) is 40.5 Å². The monoisotopic (exact) mass is 362 g/mol. The van der Waals surface area contributed by atoms with E-state index in [0.29, 0.717) is 13.0 Å². The van der Waals surface area contributed by atoms with Crippen LogP contribution in [-0.2, 0) is 17.7 Å². The molecule has 0 spiro atoms. The maximum Gasteiger partial charge on any atom is 0.407 e. The maximum absolute atomic E-state index is 11.9. The van der Waals surface area contributed by atoms with Gasteiger partial charge in [-0.05, 0) is 63.3 Å². The van der Waals surface area contributed by atoms with E-state index in [1.54, 1.807) is 11.3 Å². The number of aliphatic hydroxyl groups excluding tert-OH is 1. The van der Waals surface area contributed by atoms with Crippen LogP contribution in [0.2, 0.25) is 0 Å². The molecule has 5 nitrogen and oxygen atoms in total. The van der Waals surface area contributed by atoms with Gasteiger partial charge in [0, 0.05) is 13.2 Å². The minimum absolute atomic E-state index is 0.142. The molecule has 0 atom stereocenters. The van der Waals surface area contributed by atoms with Crippen LogP contribution in [0, 0.1) is 6.92 Å². The third-order valence-corrected chi connectivity index (χ3v) is 4.62. The van der Waals surface area contributed by atoms with E-state index in [1.807, 2.05) is 39.3 Å². The van der Waals surface area contributed by atoms with Gasteiger partial charge in [-0.2, -0.15) is 0 Å². The van der Waals surface area contributed by atoms with E-state index in [0.717, 1.165) is 33.7 Å². The van der Waals surface area contributed by atoms with E-state index in [9.17, 15) is 4.79 Å². The molecule has 25 heavy (non-hydrogen) atoms. The number of hydrogen-bond acceptors (Lipinski definition) is 5. The zero-order chi connectivity index (χ0) is 18.4. The van der Waals surface area contributed by atoms with Gasteiger partial charge in [-0.1, -0.05) is 12.1 Å². The predicted molar refractivity (Wildman–Crippen MR) is 101 cm³/mol. The number of hydrogen-bond donors (Lipinski definition) is 2. The normalized spacial score (nSPS) is 11.4. The molecule has 136 valence electrons. The first kappa shape index (κ1) is 19.4. The standard InChI is InChI=1S/C19H26N2O3S/c1-13-17(25-12-21-13)15-7-8-16(14(10-15)6-5-9-22)11-20-18(23)24-19(2,3)4/h7-8,10,12,22H,5-6,9,11H2,1-4H3,(H,20,23). The molecule has 0 aliphatic carbocycles. The maximum atomic E-state index is 11.9. The van der Waals surface area contributed by atoms with Crippen molar-refractivity contribution in [1.82, 2.24) is 10.3 Å². The zero-order valence-electron chi connectivity index (χ0n) is 15.3. The summed E-state index contributed by atoms with van der Waals surface area (Å²) in [6.45, 7) is 8.06. The summed E-state index contributed by atoms with van der Waals surface area (Å²) < 4.78 is 5.28. The molecule has 0 aliphatic rings. The Kier molecular flexibility index (Phi) is 6.56. The van der Waals surface area contributed by atoms with Crippen LogP contribution in [0.3, 0.4) is 0 Å². The molecule has 0 saturated carbocycles. The summed E-state index contributed by atoms with van der Waals surface area (Å²) in [7, 11) is 0. The highest BCUT2D eigenvalue weighted by molar-refractivity contribution is 7.13. The van der Waals surface area contributed by atoms with Gasteiger partial charge in [0.25, 0.3) is 0 Å². The molecule has 2 aromatic rings. The molecular formula is C19H26N2O3S. The number of alkyl carbamates (subject to hydrolysis) is 1. The molecule has 0 aliphatic heterocycles. The first-order chi connectivity index (χ1) is 11.8. The number of amides is 1. The number of aryl methyl sites for hydroxylation is 2. The van der Waals surface area contributed by atoms with E-state index in [2.05, 4.69) is 22.4 Å². The lowest BCUT2D eigenvalue weighted by Crippen LogP contribution is -2.32. The highest BCUT2D eigenvalue weighted by Crippen LogP contribution is 2.29. The Bertz CT molecular complexity index is 720. The van der Waals surface area contributed by atoms with Gasteiger partial charge in [0.05, 0.1) is 16.1 Å². The fourth-order valence-corrected chi connectivity index (χ4v) is 3.30. The van der Waals surface area contributed by atoms with Crippen LogP contribution in [0.4, 0.5) is 4.79 Å². The lowest BCUT2D eigenvalue weighted by Gasteiger charge is -2.20. The third kappa shape index (κ3) is 5.83. The largest absolute Gasteiger partial charge is 0.444 e. The second kappa shape index (κ2) is 8.45. The van der Waals surface area contributed by atoms with Crippen LogP contribution in [0.25, 0.3) is 10.4 Å². The van der Waals surface area contributed by atoms with Crippen LogP contribution in [0.5, 0.6) is 0 Å². The second-order valence-electron chi connectivity index (χ2n) is 6.93. The number of nitrogens with one attached hydrogen (secondary N) is 1. The van der Waals surface area contributed by atoms with Crippen molar-refractivity contribution in [2.45, 2.75) is 52.7 Å². The van der Waals surface area contributed by atoms with Crippen molar-refractivity contribution in [3.63, 3.8) is 0 Å². The zero-order valence-corrected chi connectivity index (χ0v) is 16.1. The predicted octanol–water partition coefficient (Wildman–Crippen LogP) is 4.07. The molecule has 0 radical (unpaired) electrons. The Hall–Kier alpha value is -1.92. The average molecular weight is 362 g/mol. The summed E-state index contributed by atoms with van der Waals surface area (Å²) in [6.07, 6.45) is 1.01. The number of thiazole rings is 1. The van der Waals surface area contributed by atoms with Crippen LogP contribution < -0.4 is 5.32 Å². The van der Waals surface area contributed by atoms with Gasteiger partial charge in [0.2, 0.25) is 0 Å². The topological polar surface area (TPSA) is 71.5 Å². The van der Waals surface area contributed by atoms with Crippen molar-refractivity contribution in [2.75, 3.05) is 6.61 Å². The lowest BCUT2D eigenvalue weighted by molar-refractivity contribution is 0.0523. The molecule has 1 heterocycles. The van der Waals surface area contributed by atoms with E-state index >= 15 is 0 Å². The number of aliphatic hydroxyl groups is 1. The van der Waals surface area contributed by atoms with Crippen LogP contribution in [-0.4, -0.2) is 28.4 Å². The lowest BCUT2D eigenvalue weighted by atomic mass is 9.99. The third-order valence-electron chi connectivity index (χ3n) is 3.64. The van der Waals surface area contributed by atoms with Gasteiger partial charge in [-0.15, -0.1) is 11.3 Å². The van der Waals surface area contributed by atoms with Gasteiger partial charge in [0.15, 0.2) is 0 Å². The molecular weight excluding hydrogens is 336 g/mol. The smallest absolute Gasteiger partial charge is 0.407 e. The highest BCUT2D eigenvalue weighted by atomic mass is 32.1. The van der Waals surface area contributed by atoms with Crippen LogP contribution in [0.15, 0.2) is 23.7 Å². The Morgan fingerprint density at radius 1 is 1.32 bits per heavy atom. The number of rotatable bonds is 6. The molecule has 1 aromatic carbocycles. The first-order valence-electron chi connectivity index (χ1n) is 8.40. The average Bonchev–Trinajstić information content (AvgIpc) is 2.95. The molecule has 0 fully saturated rings. The minimum atomic E-state index is -0.517. The van der Waals surface area contributed by atoms with Gasteiger partial charge < -0.3 is 15.2 Å². The molecule has 1 amide bonds. The van der Waals surface area contributed by atoms with Gasteiger partial charge in [0.1, 0.15) is 5.60 Å². The SMILES string of the molecule is Cc1ncsc1-c1ccc(CNC(=O)OC(C)(C)C)c(CCCO)c1. The summed E-state index contributed by atoms with van der Waals surface area (Å²) in [5.74, 6) is 0. The van der Waals surface area contributed by atoms with Gasteiger partial charge in [-0.25, -0.2) is 9.78 Å². The summed E-state index contributed by atoms with van der Waals surface area (Å²) in [6, 6.07) is 6.20. The number of benzene rings is 1. The molecule has 1 aromatic heterocycles. The molecule has 6 heteroatoms. The second-order valence-corrected chi connectivity index (χ2v) is 7.79. The van der Waals surface area contributed by atoms with Crippen molar-refractivity contribution < 1.29 is 14.6 Å². The molecule has 0 bridgehead atoms. The molecule has 2 N–H and O–H groups in total. The summed E-state index contributed by atoms with van der Waals surface area (Å²) >= 11 is 1.62. The number of carbonyl (C=O) groups is 1. The van der Waals surface area contributed by atoms with Crippen molar-refractivity contribution >= 4 is 17.4 Å². The highest BCUT2D eigenvalue weighted by Gasteiger charge is 2.16. The van der Waals surface area contributed by atoms with Crippen LogP contribution in [0.1, 0.15) is 44.0 Å². The first-order valence-corrected chi connectivity index (χ1v) is 9.28. The van der Waals surface area contributed by atoms with E-state index in [4.69, 9.17) is 9.84 Å². The molecule has 2 rings (SSSR count). The Morgan fingerprint density at radius 2 is 2.08 bits per heavy atom. The van der Waals surface area contributed by atoms with Crippen molar-refractivity contribution in [2.24, 2.45) is 0 Å². The fraction of sp³-hybridized carbons (Fsp3) is 0.474. The van der Waals surface area contributed by atoms with E-state index < -0.39 is 11.7 Å². The number of nitrogens with zero attached hydrogens (tertiary/aromatic N) is 1. The van der Waals surface area contributed by atoms with E-state index in [-0.39, 0.29) is 6.61 Å². The van der Waals surface area contributed by atoms with E-state index in [1.165, 1.54) is 0 Å².